The maximum absolute atomic E-state index is 12.0. The van der Waals surface area contributed by atoms with Gasteiger partial charge in [0.1, 0.15) is 11.5 Å². The van der Waals surface area contributed by atoms with Gasteiger partial charge in [-0.25, -0.2) is 9.97 Å². The molecule has 1 aliphatic rings. The molecule has 0 fully saturated rings. The number of amides is 1. The second-order valence-corrected chi connectivity index (χ2v) is 6.78. The van der Waals surface area contributed by atoms with Crippen molar-refractivity contribution < 1.29 is 4.79 Å². The average molecular weight is 302 g/mol. The molecule has 2 rings (SSSR count). The average Bonchev–Trinajstić information content (AvgIpc) is 2.47. The van der Waals surface area contributed by atoms with Gasteiger partial charge in [0.2, 0.25) is 0 Å². The molecule has 5 nitrogen and oxygen atoms in total. The molecule has 120 valence electrons. The third kappa shape index (κ3) is 5.47. The largest absolute Gasteiger partial charge is 0.368 e. The Hall–Kier alpha value is -1.91. The summed E-state index contributed by atoms with van der Waals surface area (Å²) in [6.45, 7) is 6.67. The molecule has 0 bridgehead atoms. The van der Waals surface area contributed by atoms with Gasteiger partial charge in [-0.15, -0.1) is 0 Å². The molecule has 1 aromatic heterocycles. The molecule has 1 aromatic rings. The Morgan fingerprint density at radius 1 is 1.23 bits per heavy atom. The van der Waals surface area contributed by atoms with E-state index in [1.165, 1.54) is 37.5 Å². The number of allylic oxidation sites excluding steroid dienone is 1. The smallest absolute Gasteiger partial charge is 0.271 e. The minimum atomic E-state index is -0.274. The minimum Gasteiger partial charge on any atom is -0.368 e. The van der Waals surface area contributed by atoms with Crippen LogP contribution in [-0.4, -0.2) is 28.0 Å². The zero-order valence-corrected chi connectivity index (χ0v) is 13.8. The van der Waals surface area contributed by atoms with Gasteiger partial charge in [-0.05, 0) is 52.9 Å². The Morgan fingerprint density at radius 2 is 2.05 bits per heavy atom. The number of nitrogens with zero attached hydrogens (tertiary/aromatic N) is 2. The van der Waals surface area contributed by atoms with Crippen molar-refractivity contribution >= 4 is 11.7 Å². The van der Waals surface area contributed by atoms with E-state index in [0.29, 0.717) is 11.5 Å². The standard InChI is InChI=1S/C17H26N4O/c1-17(2,3)21-16(22)14-11-20-15(12-19-14)18-10-9-13-7-5-4-6-8-13/h7,11-12H,4-6,8-10H2,1-3H3,(H,18,20)(H,21,22). The molecule has 0 saturated heterocycles. The van der Waals surface area contributed by atoms with Gasteiger partial charge in [-0.2, -0.15) is 0 Å². The number of carbonyl (C=O) groups excluding carboxylic acids is 1. The highest BCUT2D eigenvalue weighted by atomic mass is 16.2. The van der Waals surface area contributed by atoms with E-state index in [1.807, 2.05) is 20.8 Å². The van der Waals surface area contributed by atoms with Crippen LogP contribution in [-0.2, 0) is 0 Å². The van der Waals surface area contributed by atoms with Crippen LogP contribution in [0.3, 0.4) is 0 Å². The summed E-state index contributed by atoms with van der Waals surface area (Å²) in [5, 5.41) is 6.13. The van der Waals surface area contributed by atoms with E-state index < -0.39 is 0 Å². The van der Waals surface area contributed by atoms with E-state index in [9.17, 15) is 4.79 Å². The van der Waals surface area contributed by atoms with Crippen molar-refractivity contribution in [3.8, 4) is 0 Å². The van der Waals surface area contributed by atoms with Crippen LogP contribution in [0.4, 0.5) is 5.82 Å². The Labute approximate surface area is 132 Å². The monoisotopic (exact) mass is 302 g/mol. The van der Waals surface area contributed by atoms with Crippen LogP contribution in [0.2, 0.25) is 0 Å². The number of anilines is 1. The molecular weight excluding hydrogens is 276 g/mol. The number of aromatic nitrogens is 2. The second kappa shape index (κ2) is 7.38. The van der Waals surface area contributed by atoms with Crippen molar-refractivity contribution in [3.05, 3.63) is 29.7 Å². The van der Waals surface area contributed by atoms with E-state index in [-0.39, 0.29) is 11.4 Å². The van der Waals surface area contributed by atoms with Crippen molar-refractivity contribution in [1.82, 2.24) is 15.3 Å². The Morgan fingerprint density at radius 3 is 2.64 bits per heavy atom. The zero-order chi connectivity index (χ0) is 16.0. The van der Waals surface area contributed by atoms with E-state index in [0.717, 1.165) is 13.0 Å². The number of nitrogens with one attached hydrogen (secondary N) is 2. The van der Waals surface area contributed by atoms with Crippen molar-refractivity contribution in [3.63, 3.8) is 0 Å². The predicted molar refractivity (Wildman–Crippen MR) is 88.9 cm³/mol. The summed E-state index contributed by atoms with van der Waals surface area (Å²) in [4.78, 5) is 20.4. The number of rotatable bonds is 5. The highest BCUT2D eigenvalue weighted by molar-refractivity contribution is 5.92. The topological polar surface area (TPSA) is 66.9 Å². The van der Waals surface area contributed by atoms with Gasteiger partial charge in [0, 0.05) is 12.1 Å². The molecule has 0 aliphatic heterocycles. The lowest BCUT2D eigenvalue weighted by Gasteiger charge is -2.20. The molecule has 0 atom stereocenters. The molecule has 0 unspecified atom stereocenters. The summed E-state index contributed by atoms with van der Waals surface area (Å²) >= 11 is 0. The lowest BCUT2D eigenvalue weighted by atomic mass is 9.97. The normalized spacial score (nSPS) is 15.1. The van der Waals surface area contributed by atoms with E-state index in [1.54, 1.807) is 6.20 Å². The van der Waals surface area contributed by atoms with Crippen LogP contribution in [0.15, 0.2) is 24.0 Å². The fourth-order valence-corrected chi connectivity index (χ4v) is 2.42. The maximum Gasteiger partial charge on any atom is 0.271 e. The molecule has 0 radical (unpaired) electrons. The first-order valence-corrected chi connectivity index (χ1v) is 8.00. The van der Waals surface area contributed by atoms with Gasteiger partial charge in [0.05, 0.1) is 12.4 Å². The fraction of sp³-hybridized carbons (Fsp3) is 0.588. The Balaban J connectivity index is 1.81. The van der Waals surface area contributed by atoms with E-state index in [2.05, 4.69) is 26.7 Å². The maximum atomic E-state index is 12.0. The molecule has 2 N–H and O–H groups in total. The van der Waals surface area contributed by atoms with Crippen LogP contribution in [0.25, 0.3) is 0 Å². The molecule has 5 heteroatoms. The molecule has 0 spiro atoms. The quantitative estimate of drug-likeness (QED) is 0.819. The number of hydrogen-bond donors (Lipinski definition) is 2. The summed E-state index contributed by atoms with van der Waals surface area (Å²) in [7, 11) is 0. The van der Waals surface area contributed by atoms with Gasteiger partial charge < -0.3 is 10.6 Å². The van der Waals surface area contributed by atoms with Gasteiger partial charge in [0.15, 0.2) is 0 Å². The van der Waals surface area contributed by atoms with Crippen molar-refractivity contribution in [2.24, 2.45) is 0 Å². The lowest BCUT2D eigenvalue weighted by molar-refractivity contribution is 0.0914. The zero-order valence-electron chi connectivity index (χ0n) is 13.8. The summed E-state index contributed by atoms with van der Waals surface area (Å²) in [5.74, 6) is 0.516. The van der Waals surface area contributed by atoms with Crippen molar-refractivity contribution in [2.75, 3.05) is 11.9 Å². The minimum absolute atomic E-state index is 0.195. The van der Waals surface area contributed by atoms with Gasteiger partial charge in [0.25, 0.3) is 5.91 Å². The molecule has 0 aromatic carbocycles. The first kappa shape index (κ1) is 16.5. The first-order valence-electron chi connectivity index (χ1n) is 8.00. The lowest BCUT2D eigenvalue weighted by Crippen LogP contribution is -2.40. The second-order valence-electron chi connectivity index (χ2n) is 6.78. The van der Waals surface area contributed by atoms with Crippen LogP contribution in [0, 0.1) is 0 Å². The highest BCUT2D eigenvalue weighted by Crippen LogP contribution is 2.19. The first-order chi connectivity index (χ1) is 10.4. The molecule has 1 heterocycles. The number of carbonyl (C=O) groups is 1. The summed E-state index contributed by atoms with van der Waals surface area (Å²) < 4.78 is 0. The van der Waals surface area contributed by atoms with E-state index in [4.69, 9.17) is 0 Å². The molecule has 1 amide bonds. The van der Waals surface area contributed by atoms with Gasteiger partial charge >= 0.3 is 0 Å². The van der Waals surface area contributed by atoms with Crippen LogP contribution in [0.5, 0.6) is 0 Å². The molecular formula is C17H26N4O. The molecule has 1 aliphatic carbocycles. The Bertz CT molecular complexity index is 529. The fourth-order valence-electron chi connectivity index (χ4n) is 2.42. The Kier molecular flexibility index (Phi) is 5.52. The van der Waals surface area contributed by atoms with Crippen molar-refractivity contribution in [1.29, 1.82) is 0 Å². The van der Waals surface area contributed by atoms with Crippen LogP contribution < -0.4 is 10.6 Å². The molecule has 22 heavy (non-hydrogen) atoms. The third-order valence-electron chi connectivity index (χ3n) is 3.51. The third-order valence-corrected chi connectivity index (χ3v) is 3.51. The number of hydrogen-bond acceptors (Lipinski definition) is 4. The highest BCUT2D eigenvalue weighted by Gasteiger charge is 2.16. The van der Waals surface area contributed by atoms with Crippen molar-refractivity contribution in [2.45, 2.75) is 58.4 Å². The summed E-state index contributed by atoms with van der Waals surface area (Å²) in [6, 6.07) is 0. The van der Waals surface area contributed by atoms with Gasteiger partial charge in [-0.1, -0.05) is 11.6 Å². The summed E-state index contributed by atoms with van der Waals surface area (Å²) in [6.07, 6.45) is 11.6. The summed E-state index contributed by atoms with van der Waals surface area (Å²) in [5.41, 5.74) is 1.60. The SMILES string of the molecule is CC(C)(C)NC(=O)c1cnc(NCCC2=CCCCC2)cn1. The predicted octanol–water partition coefficient (Wildman–Crippen LogP) is 3.31. The van der Waals surface area contributed by atoms with Crippen LogP contribution in [0.1, 0.15) is 63.4 Å². The van der Waals surface area contributed by atoms with Gasteiger partial charge in [-0.3, -0.25) is 4.79 Å². The van der Waals surface area contributed by atoms with Crippen LogP contribution >= 0.6 is 0 Å². The van der Waals surface area contributed by atoms with E-state index >= 15 is 0 Å². The molecule has 0 saturated carbocycles.